The zero-order valence-corrected chi connectivity index (χ0v) is 13.5. The second-order valence-corrected chi connectivity index (χ2v) is 6.46. The summed E-state index contributed by atoms with van der Waals surface area (Å²) < 4.78 is 5.49. The molecule has 7 nitrogen and oxygen atoms in total. The molecule has 1 fully saturated rings. The number of hydrogen-bond donors (Lipinski definition) is 3. The summed E-state index contributed by atoms with van der Waals surface area (Å²) in [5.41, 5.74) is 5.97. The molecule has 122 valence electrons. The Morgan fingerprint density at radius 1 is 1.52 bits per heavy atom. The van der Waals surface area contributed by atoms with Crippen molar-refractivity contribution in [3.05, 3.63) is 45.8 Å². The standard InChI is InChI=1S/C15H18N4O3S/c1-23-7-10-2-3-12(22-10)14(21)17-9-4-8(5-9)11-6-13(20)19-15(16)18-11/h2-3,6,8-9H,4-5,7H2,1H3,(H,17,21)(H3,16,18,19,20). The molecule has 0 unspecified atom stereocenters. The van der Waals surface area contributed by atoms with Crippen LogP contribution >= 0.6 is 11.8 Å². The fourth-order valence-electron chi connectivity index (χ4n) is 2.66. The third-order valence-corrected chi connectivity index (χ3v) is 4.42. The van der Waals surface area contributed by atoms with Crippen molar-refractivity contribution in [1.29, 1.82) is 0 Å². The number of hydrogen-bond acceptors (Lipinski definition) is 6. The van der Waals surface area contributed by atoms with E-state index in [0.29, 0.717) is 11.5 Å². The highest BCUT2D eigenvalue weighted by molar-refractivity contribution is 7.97. The Balaban J connectivity index is 1.55. The van der Waals surface area contributed by atoms with E-state index < -0.39 is 0 Å². The summed E-state index contributed by atoms with van der Waals surface area (Å²) in [6, 6.07) is 5.03. The van der Waals surface area contributed by atoms with Crippen molar-refractivity contribution in [3.63, 3.8) is 0 Å². The van der Waals surface area contributed by atoms with Gasteiger partial charge in [0.15, 0.2) is 5.76 Å². The lowest BCUT2D eigenvalue weighted by molar-refractivity contribution is 0.0878. The first-order valence-corrected chi connectivity index (χ1v) is 8.70. The molecule has 8 heteroatoms. The molecule has 2 aromatic rings. The zero-order valence-electron chi connectivity index (χ0n) is 12.7. The minimum Gasteiger partial charge on any atom is -0.455 e. The average molecular weight is 334 g/mol. The molecule has 23 heavy (non-hydrogen) atoms. The molecule has 0 spiro atoms. The monoisotopic (exact) mass is 334 g/mol. The summed E-state index contributed by atoms with van der Waals surface area (Å²) in [6.07, 6.45) is 3.45. The molecule has 3 rings (SSSR count). The Morgan fingerprint density at radius 3 is 3.00 bits per heavy atom. The molecular weight excluding hydrogens is 316 g/mol. The predicted molar refractivity (Wildman–Crippen MR) is 88.4 cm³/mol. The van der Waals surface area contributed by atoms with Gasteiger partial charge in [-0.05, 0) is 31.2 Å². The minimum atomic E-state index is -0.253. The van der Waals surface area contributed by atoms with Crippen molar-refractivity contribution in [1.82, 2.24) is 15.3 Å². The summed E-state index contributed by atoms with van der Waals surface area (Å²) in [5.74, 6) is 1.92. The third kappa shape index (κ3) is 3.58. The molecule has 0 aromatic carbocycles. The molecular formula is C15H18N4O3S. The molecule has 0 atom stereocenters. The van der Waals surface area contributed by atoms with E-state index in [1.54, 1.807) is 17.8 Å². The number of H-pyrrole nitrogens is 1. The van der Waals surface area contributed by atoms with Crippen molar-refractivity contribution in [2.24, 2.45) is 0 Å². The van der Waals surface area contributed by atoms with Gasteiger partial charge >= 0.3 is 0 Å². The summed E-state index contributed by atoms with van der Waals surface area (Å²) in [7, 11) is 0. The zero-order chi connectivity index (χ0) is 16.4. The van der Waals surface area contributed by atoms with Crippen LogP contribution in [0, 0.1) is 0 Å². The van der Waals surface area contributed by atoms with Crippen molar-refractivity contribution in [2.75, 3.05) is 12.0 Å². The second kappa shape index (κ2) is 6.49. The molecule has 0 radical (unpaired) electrons. The summed E-state index contributed by atoms with van der Waals surface area (Å²) >= 11 is 1.64. The van der Waals surface area contributed by atoms with E-state index in [9.17, 15) is 9.59 Å². The highest BCUT2D eigenvalue weighted by atomic mass is 32.2. The Labute approximate surface area is 137 Å². The number of nitrogens with two attached hydrogens (primary N) is 1. The maximum Gasteiger partial charge on any atom is 0.287 e. The van der Waals surface area contributed by atoms with Crippen LogP contribution < -0.4 is 16.6 Å². The molecule has 2 heterocycles. The first-order valence-electron chi connectivity index (χ1n) is 7.30. The largest absolute Gasteiger partial charge is 0.455 e. The molecule has 1 aliphatic carbocycles. The quantitative estimate of drug-likeness (QED) is 0.763. The number of nitrogen functional groups attached to an aromatic ring is 1. The van der Waals surface area contributed by atoms with Crippen LogP contribution in [-0.4, -0.2) is 28.2 Å². The first kappa shape index (κ1) is 15.7. The molecule has 0 saturated heterocycles. The van der Waals surface area contributed by atoms with Gasteiger partial charge in [0.05, 0.1) is 11.4 Å². The number of aromatic nitrogens is 2. The molecule has 1 aliphatic rings. The molecule has 0 aliphatic heterocycles. The van der Waals surface area contributed by atoms with Crippen LogP contribution in [-0.2, 0) is 5.75 Å². The number of nitrogens with one attached hydrogen (secondary N) is 2. The van der Waals surface area contributed by atoms with Gasteiger partial charge in [0.1, 0.15) is 5.76 Å². The van der Waals surface area contributed by atoms with E-state index in [1.165, 1.54) is 6.07 Å². The lowest BCUT2D eigenvalue weighted by Crippen LogP contribution is -2.43. The molecule has 1 amide bonds. The predicted octanol–water partition coefficient (Wildman–Crippen LogP) is 1.48. The number of carbonyl (C=O) groups excluding carboxylic acids is 1. The number of amides is 1. The van der Waals surface area contributed by atoms with Gasteiger partial charge in [0.2, 0.25) is 5.95 Å². The van der Waals surface area contributed by atoms with Crippen molar-refractivity contribution in [3.8, 4) is 0 Å². The number of aromatic amines is 1. The van der Waals surface area contributed by atoms with Gasteiger partial charge in [-0.1, -0.05) is 0 Å². The lowest BCUT2D eigenvalue weighted by atomic mass is 9.78. The Kier molecular flexibility index (Phi) is 4.42. The summed E-state index contributed by atoms with van der Waals surface area (Å²) in [5, 5.41) is 2.93. The van der Waals surface area contributed by atoms with Crippen LogP contribution in [0.15, 0.2) is 27.4 Å². The van der Waals surface area contributed by atoms with E-state index in [2.05, 4.69) is 15.3 Å². The van der Waals surface area contributed by atoms with Gasteiger partial charge in [0, 0.05) is 18.0 Å². The van der Waals surface area contributed by atoms with Crippen LogP contribution in [0.1, 0.15) is 40.8 Å². The fourth-order valence-corrected chi connectivity index (χ4v) is 3.10. The number of anilines is 1. The number of rotatable bonds is 5. The molecule has 2 aromatic heterocycles. The van der Waals surface area contributed by atoms with Crippen molar-refractivity contribution < 1.29 is 9.21 Å². The smallest absolute Gasteiger partial charge is 0.287 e. The number of thioether (sulfide) groups is 1. The SMILES string of the molecule is CSCc1ccc(C(=O)NC2CC(c3cc(=O)[nH]c(N)n3)C2)o1. The number of nitrogens with zero attached hydrogens (tertiary/aromatic N) is 1. The topological polar surface area (TPSA) is 114 Å². The number of furan rings is 1. The van der Waals surface area contributed by atoms with Crippen LogP contribution in [0.25, 0.3) is 0 Å². The maximum absolute atomic E-state index is 12.1. The summed E-state index contributed by atoms with van der Waals surface area (Å²) in [4.78, 5) is 30.1. The highest BCUT2D eigenvalue weighted by Gasteiger charge is 2.33. The van der Waals surface area contributed by atoms with Crippen molar-refractivity contribution in [2.45, 2.75) is 30.6 Å². The van der Waals surface area contributed by atoms with Crippen LogP contribution in [0.4, 0.5) is 5.95 Å². The number of carbonyl (C=O) groups is 1. The third-order valence-electron chi connectivity index (χ3n) is 3.84. The minimum absolute atomic E-state index is 0.0592. The van der Waals surface area contributed by atoms with E-state index in [1.807, 2.05) is 12.3 Å². The second-order valence-electron chi connectivity index (χ2n) is 5.59. The van der Waals surface area contributed by atoms with Gasteiger partial charge in [-0.15, -0.1) is 0 Å². The van der Waals surface area contributed by atoms with E-state index in [0.717, 1.165) is 24.4 Å². The van der Waals surface area contributed by atoms with Gasteiger partial charge in [-0.3, -0.25) is 14.6 Å². The van der Waals surface area contributed by atoms with E-state index >= 15 is 0 Å². The Morgan fingerprint density at radius 2 is 2.30 bits per heavy atom. The first-order chi connectivity index (χ1) is 11.0. The van der Waals surface area contributed by atoms with Crippen molar-refractivity contribution >= 4 is 23.6 Å². The van der Waals surface area contributed by atoms with Gasteiger partial charge in [-0.25, -0.2) is 4.98 Å². The molecule has 0 bridgehead atoms. The fraction of sp³-hybridized carbons (Fsp3) is 0.400. The normalized spacial score (nSPS) is 20.0. The van der Waals surface area contributed by atoms with E-state index in [4.69, 9.17) is 10.2 Å². The van der Waals surface area contributed by atoms with Crippen LogP contribution in [0.2, 0.25) is 0 Å². The van der Waals surface area contributed by atoms with Crippen LogP contribution in [0.3, 0.4) is 0 Å². The van der Waals surface area contributed by atoms with Crippen LogP contribution in [0.5, 0.6) is 0 Å². The molecule has 1 saturated carbocycles. The lowest BCUT2D eigenvalue weighted by Gasteiger charge is -2.35. The Hall–Kier alpha value is -2.22. The summed E-state index contributed by atoms with van der Waals surface area (Å²) in [6.45, 7) is 0. The average Bonchev–Trinajstić information content (AvgIpc) is 2.90. The highest BCUT2D eigenvalue weighted by Crippen LogP contribution is 2.35. The van der Waals surface area contributed by atoms with E-state index in [-0.39, 0.29) is 29.4 Å². The van der Waals surface area contributed by atoms with Gasteiger partial charge < -0.3 is 15.5 Å². The molecule has 4 N–H and O–H groups in total. The Bertz CT molecular complexity index is 764. The maximum atomic E-state index is 12.1. The van der Waals surface area contributed by atoms with Gasteiger partial charge in [0.25, 0.3) is 11.5 Å². The van der Waals surface area contributed by atoms with Gasteiger partial charge in [-0.2, -0.15) is 11.8 Å².